The summed E-state index contributed by atoms with van der Waals surface area (Å²) in [6, 6.07) is 13.0. The summed E-state index contributed by atoms with van der Waals surface area (Å²) < 4.78 is 0. The minimum atomic E-state index is 0. The maximum atomic E-state index is 4.58. The van der Waals surface area contributed by atoms with Crippen LogP contribution in [0.15, 0.2) is 73.6 Å². The Bertz CT molecular complexity index is 2450. The van der Waals surface area contributed by atoms with E-state index in [-0.39, 0.29) is 16.5 Å². The average molecular weight is 768 g/mol. The van der Waals surface area contributed by atoms with Crippen molar-refractivity contribution in [3.8, 4) is 0 Å². The summed E-state index contributed by atoms with van der Waals surface area (Å²) in [6.07, 6.45) is 11.6. The third-order valence-electron chi connectivity index (χ3n) is 11.8. The van der Waals surface area contributed by atoms with Gasteiger partial charge in [0.2, 0.25) is 0 Å². The van der Waals surface area contributed by atoms with E-state index in [0.717, 1.165) is 33.1 Å². The molecule has 55 heavy (non-hydrogen) atoms. The maximum absolute atomic E-state index is 4.58. The summed E-state index contributed by atoms with van der Waals surface area (Å²) in [5.74, 6) is 0. The summed E-state index contributed by atoms with van der Waals surface area (Å²) in [6.45, 7) is 25.5. The van der Waals surface area contributed by atoms with Crippen molar-refractivity contribution in [3.63, 3.8) is 0 Å². The average Bonchev–Trinajstić information content (AvgIpc) is 3.17. The van der Waals surface area contributed by atoms with Gasteiger partial charge in [-0.3, -0.25) is 29.9 Å². The summed E-state index contributed by atoms with van der Waals surface area (Å²) in [5.41, 5.74) is 21.2. The molecule has 9 aromatic rings. The van der Waals surface area contributed by atoms with Gasteiger partial charge < -0.3 is 0 Å². The molecule has 6 heterocycles. The Labute approximate surface area is 333 Å². The van der Waals surface area contributed by atoms with Crippen molar-refractivity contribution < 1.29 is 16.5 Å². The van der Waals surface area contributed by atoms with Gasteiger partial charge in [0.15, 0.2) is 0 Å². The molecule has 0 fully saturated rings. The van der Waals surface area contributed by atoms with Crippen LogP contribution in [0.3, 0.4) is 0 Å². The third-order valence-corrected chi connectivity index (χ3v) is 11.8. The topological polar surface area (TPSA) is 77.3 Å². The SMILES string of the molecule is Cc1cnc2c(ccc3c(C)c(C)cnc32)c1C.Cc1cnc2c(ccc3c(C)c(C)cnc32)c1C.Cc1cnc2c(ccc3c(C)c(C)cnc32)c1C.[Ni]. The van der Waals surface area contributed by atoms with E-state index in [1.54, 1.807) is 0 Å². The molecule has 0 saturated carbocycles. The van der Waals surface area contributed by atoms with Crippen LogP contribution in [-0.2, 0) is 16.5 Å². The van der Waals surface area contributed by atoms with Crippen LogP contribution in [0, 0.1) is 83.1 Å². The first-order chi connectivity index (χ1) is 25.8. The van der Waals surface area contributed by atoms with E-state index < -0.39 is 0 Å². The molecule has 7 heteroatoms. The Morgan fingerprint density at radius 3 is 0.491 bits per heavy atom. The van der Waals surface area contributed by atoms with E-state index in [2.05, 4.69) is 149 Å². The molecule has 0 amide bonds. The van der Waals surface area contributed by atoms with Gasteiger partial charge in [0.1, 0.15) is 0 Å². The maximum Gasteiger partial charge on any atom is 0.0967 e. The minimum absolute atomic E-state index is 0. The molecule has 280 valence electrons. The summed E-state index contributed by atoms with van der Waals surface area (Å²) >= 11 is 0. The Hall–Kier alpha value is -5.39. The number of aryl methyl sites for hydroxylation is 12. The van der Waals surface area contributed by atoms with Crippen LogP contribution in [0.25, 0.3) is 65.4 Å². The first-order valence-corrected chi connectivity index (χ1v) is 18.6. The zero-order chi connectivity index (χ0) is 38.6. The van der Waals surface area contributed by atoms with Gasteiger partial charge >= 0.3 is 0 Å². The fourth-order valence-electron chi connectivity index (χ4n) is 7.16. The Kier molecular flexibility index (Phi) is 11.0. The van der Waals surface area contributed by atoms with E-state index >= 15 is 0 Å². The number of pyridine rings is 6. The van der Waals surface area contributed by atoms with Gasteiger partial charge in [0.05, 0.1) is 33.1 Å². The quantitative estimate of drug-likeness (QED) is 0.113. The zero-order valence-corrected chi connectivity index (χ0v) is 34.9. The second-order valence-corrected chi connectivity index (χ2v) is 15.0. The van der Waals surface area contributed by atoms with Gasteiger partial charge in [0.25, 0.3) is 0 Å². The monoisotopic (exact) mass is 766 g/mol. The Morgan fingerprint density at radius 2 is 0.364 bits per heavy atom. The molecule has 0 unspecified atom stereocenters. The largest absolute Gasteiger partial charge is 0.254 e. The fourth-order valence-corrected chi connectivity index (χ4v) is 7.16. The van der Waals surface area contributed by atoms with E-state index in [9.17, 15) is 0 Å². The van der Waals surface area contributed by atoms with E-state index in [1.807, 2.05) is 37.2 Å². The number of hydrogen-bond acceptors (Lipinski definition) is 6. The Balaban J connectivity index is 0.000000139. The summed E-state index contributed by atoms with van der Waals surface area (Å²) in [4.78, 5) is 27.5. The van der Waals surface area contributed by atoms with Crippen LogP contribution >= 0.6 is 0 Å². The van der Waals surface area contributed by atoms with Gasteiger partial charge in [-0.1, -0.05) is 36.4 Å². The van der Waals surface area contributed by atoms with Crippen LogP contribution in [0.2, 0.25) is 0 Å². The van der Waals surface area contributed by atoms with Gasteiger partial charge in [-0.05, 0) is 150 Å². The van der Waals surface area contributed by atoms with Crippen molar-refractivity contribution >= 4 is 65.4 Å². The summed E-state index contributed by atoms with van der Waals surface area (Å²) in [5, 5.41) is 7.24. The molecule has 6 nitrogen and oxygen atoms in total. The van der Waals surface area contributed by atoms with Crippen molar-refractivity contribution in [2.24, 2.45) is 0 Å². The molecule has 0 bridgehead atoms. The molecule has 0 saturated heterocycles. The molecule has 0 N–H and O–H groups in total. The molecule has 0 atom stereocenters. The predicted molar refractivity (Wildman–Crippen MR) is 228 cm³/mol. The second-order valence-electron chi connectivity index (χ2n) is 15.0. The molecule has 9 rings (SSSR count). The van der Waals surface area contributed by atoms with Crippen LogP contribution in [0.5, 0.6) is 0 Å². The molecule has 0 aliphatic rings. The van der Waals surface area contributed by atoms with E-state index in [4.69, 9.17) is 0 Å². The number of aromatic nitrogens is 6. The van der Waals surface area contributed by atoms with Gasteiger partial charge in [0, 0.05) is 86.0 Å². The number of fused-ring (bicyclic) bond motifs is 9. The zero-order valence-electron chi connectivity index (χ0n) is 33.9. The number of hydrogen-bond donors (Lipinski definition) is 0. The standard InChI is InChI=1S/3C16H16N2.Ni/c3*1-9-7-17-15-13(11(9)3)5-6-14-12(4)10(2)8-18-16(14)15;/h3*5-8H,1-4H3;. The fraction of sp³-hybridized carbons (Fsp3) is 0.250. The normalized spacial score (nSPS) is 11.1. The third kappa shape index (κ3) is 6.91. The molecule has 6 aromatic heterocycles. The smallest absolute Gasteiger partial charge is 0.0967 e. The van der Waals surface area contributed by atoms with E-state index in [0.29, 0.717) is 0 Å². The summed E-state index contributed by atoms with van der Waals surface area (Å²) in [7, 11) is 0. The minimum Gasteiger partial charge on any atom is -0.254 e. The van der Waals surface area contributed by atoms with E-state index in [1.165, 1.54) is 99.1 Å². The molecule has 0 aliphatic heterocycles. The molecule has 0 aliphatic carbocycles. The Morgan fingerprint density at radius 1 is 0.236 bits per heavy atom. The molecular weight excluding hydrogens is 719 g/mol. The van der Waals surface area contributed by atoms with Crippen LogP contribution in [0.1, 0.15) is 66.8 Å². The van der Waals surface area contributed by atoms with Crippen molar-refractivity contribution in [3.05, 3.63) is 140 Å². The van der Waals surface area contributed by atoms with Gasteiger partial charge in [-0.25, -0.2) is 0 Å². The number of nitrogens with zero attached hydrogens (tertiary/aromatic N) is 6. The molecular formula is C48H48N6Ni. The van der Waals surface area contributed by atoms with Crippen LogP contribution in [-0.4, -0.2) is 29.9 Å². The number of rotatable bonds is 0. The van der Waals surface area contributed by atoms with Crippen LogP contribution in [0.4, 0.5) is 0 Å². The molecule has 0 spiro atoms. The number of benzene rings is 3. The first kappa shape index (κ1) is 39.3. The van der Waals surface area contributed by atoms with Gasteiger partial charge in [-0.15, -0.1) is 0 Å². The first-order valence-electron chi connectivity index (χ1n) is 18.6. The van der Waals surface area contributed by atoms with Crippen molar-refractivity contribution in [2.45, 2.75) is 83.1 Å². The van der Waals surface area contributed by atoms with Crippen LogP contribution < -0.4 is 0 Å². The molecule has 3 aromatic carbocycles. The van der Waals surface area contributed by atoms with Crippen molar-refractivity contribution in [2.75, 3.05) is 0 Å². The van der Waals surface area contributed by atoms with Gasteiger partial charge in [-0.2, -0.15) is 0 Å². The predicted octanol–water partition coefficient (Wildman–Crippen LogP) is 12.0. The van der Waals surface area contributed by atoms with Crippen molar-refractivity contribution in [1.82, 2.24) is 29.9 Å². The molecule has 0 radical (unpaired) electrons. The van der Waals surface area contributed by atoms with Crippen molar-refractivity contribution in [1.29, 1.82) is 0 Å². The second kappa shape index (κ2) is 15.4.